The van der Waals surface area contributed by atoms with Crippen molar-refractivity contribution in [3.8, 4) is 0 Å². The van der Waals surface area contributed by atoms with Gasteiger partial charge in [0.25, 0.3) is 11.6 Å². The summed E-state index contributed by atoms with van der Waals surface area (Å²) in [4.78, 5) is 24.0. The summed E-state index contributed by atoms with van der Waals surface area (Å²) >= 11 is 3.22. The predicted octanol–water partition coefficient (Wildman–Crippen LogP) is 2.98. The highest BCUT2D eigenvalue weighted by atomic mass is 79.9. The van der Waals surface area contributed by atoms with Crippen LogP contribution in [0.2, 0.25) is 0 Å². The van der Waals surface area contributed by atoms with E-state index in [0.717, 1.165) is 18.2 Å². The largest absolute Gasteiger partial charge is 0.335 e. The molecule has 0 unspecified atom stereocenters. The Kier molecular flexibility index (Phi) is 5.41. The molecule has 5 nitrogen and oxygen atoms in total. The van der Waals surface area contributed by atoms with E-state index in [2.05, 4.69) is 15.9 Å². The lowest BCUT2D eigenvalue weighted by atomic mass is 10.1. The van der Waals surface area contributed by atoms with Gasteiger partial charge in [-0.25, -0.2) is 4.39 Å². The van der Waals surface area contributed by atoms with Crippen molar-refractivity contribution in [3.05, 3.63) is 39.7 Å². The van der Waals surface area contributed by atoms with Gasteiger partial charge in [-0.3, -0.25) is 14.9 Å². The zero-order valence-electron chi connectivity index (χ0n) is 10.6. The van der Waals surface area contributed by atoms with Gasteiger partial charge in [0.1, 0.15) is 11.4 Å². The lowest BCUT2D eigenvalue weighted by Gasteiger charge is -2.25. The molecule has 0 aromatic heterocycles. The Morgan fingerprint density at radius 1 is 1.53 bits per heavy atom. The summed E-state index contributed by atoms with van der Waals surface area (Å²) in [5.41, 5.74) is -0.605. The smallest absolute Gasteiger partial charge is 0.282 e. The van der Waals surface area contributed by atoms with E-state index in [1.807, 2.05) is 0 Å². The van der Waals surface area contributed by atoms with Crippen LogP contribution in [0.4, 0.5) is 10.1 Å². The topological polar surface area (TPSA) is 63.5 Å². The number of carbonyl (C=O) groups excluding carboxylic acids is 1. The van der Waals surface area contributed by atoms with Crippen LogP contribution in [0.15, 0.2) is 18.2 Å². The number of hydrogen-bond donors (Lipinski definition) is 0. The first-order valence-electron chi connectivity index (χ1n) is 5.69. The van der Waals surface area contributed by atoms with Gasteiger partial charge in [0, 0.05) is 24.0 Å². The number of nitro groups is 1. The Morgan fingerprint density at radius 2 is 2.16 bits per heavy atom. The summed E-state index contributed by atoms with van der Waals surface area (Å²) in [6.45, 7) is 3.99. The summed E-state index contributed by atoms with van der Waals surface area (Å²) in [7, 11) is 0. The average Bonchev–Trinajstić information content (AvgIpc) is 2.34. The number of hydrogen-bond acceptors (Lipinski definition) is 3. The highest BCUT2D eigenvalue weighted by molar-refractivity contribution is 9.09. The molecular formula is C12H14BrFN2O3. The summed E-state index contributed by atoms with van der Waals surface area (Å²) in [5.74, 6) is -1.21. The van der Waals surface area contributed by atoms with Crippen LogP contribution in [0.25, 0.3) is 0 Å². The van der Waals surface area contributed by atoms with Crippen molar-refractivity contribution in [2.75, 3.05) is 11.9 Å². The second-order valence-electron chi connectivity index (χ2n) is 4.20. The molecule has 0 saturated carbocycles. The number of alkyl halides is 1. The zero-order valence-corrected chi connectivity index (χ0v) is 12.2. The fraction of sp³-hybridized carbons (Fsp3) is 0.417. The van der Waals surface area contributed by atoms with E-state index < -0.39 is 16.6 Å². The number of nitrogens with zero attached hydrogens (tertiary/aromatic N) is 2. The third-order valence-corrected chi connectivity index (χ3v) is 2.95. The van der Waals surface area contributed by atoms with Crippen molar-refractivity contribution < 1.29 is 14.1 Å². The van der Waals surface area contributed by atoms with Gasteiger partial charge >= 0.3 is 0 Å². The molecule has 1 amide bonds. The first kappa shape index (κ1) is 15.6. The quantitative estimate of drug-likeness (QED) is 0.473. The number of carbonyl (C=O) groups is 1. The third-order valence-electron chi connectivity index (χ3n) is 2.60. The monoisotopic (exact) mass is 332 g/mol. The Hall–Kier alpha value is -1.50. The minimum atomic E-state index is -0.681. The van der Waals surface area contributed by atoms with Gasteiger partial charge in [-0.1, -0.05) is 15.9 Å². The number of halogens is 2. The second-order valence-corrected chi connectivity index (χ2v) is 4.99. The molecule has 0 atom stereocenters. The van der Waals surface area contributed by atoms with E-state index >= 15 is 0 Å². The lowest BCUT2D eigenvalue weighted by Crippen LogP contribution is -2.38. The zero-order chi connectivity index (χ0) is 14.6. The van der Waals surface area contributed by atoms with Crippen molar-refractivity contribution in [1.82, 2.24) is 4.90 Å². The molecule has 104 valence electrons. The van der Waals surface area contributed by atoms with Crippen LogP contribution >= 0.6 is 15.9 Å². The van der Waals surface area contributed by atoms with Crippen LogP contribution < -0.4 is 0 Å². The normalized spacial score (nSPS) is 10.6. The van der Waals surface area contributed by atoms with Gasteiger partial charge in [0.15, 0.2) is 0 Å². The van der Waals surface area contributed by atoms with Crippen LogP contribution in [0.1, 0.15) is 24.2 Å². The molecule has 0 bridgehead atoms. The summed E-state index contributed by atoms with van der Waals surface area (Å²) in [6.07, 6.45) is 0. The van der Waals surface area contributed by atoms with Crippen LogP contribution in [0, 0.1) is 15.9 Å². The van der Waals surface area contributed by atoms with Gasteiger partial charge in [-0.2, -0.15) is 0 Å². The Morgan fingerprint density at radius 3 is 2.63 bits per heavy atom. The number of amides is 1. The lowest BCUT2D eigenvalue weighted by molar-refractivity contribution is -0.385. The number of nitro benzene ring substituents is 1. The average molecular weight is 333 g/mol. The molecule has 0 radical (unpaired) electrons. The molecule has 0 aliphatic heterocycles. The second kappa shape index (κ2) is 6.60. The van der Waals surface area contributed by atoms with E-state index in [0.29, 0.717) is 11.9 Å². The first-order valence-corrected chi connectivity index (χ1v) is 6.81. The molecule has 0 N–H and O–H groups in total. The molecule has 0 aliphatic rings. The third kappa shape index (κ3) is 3.73. The standard InChI is InChI=1S/C12H14BrFN2O3/c1-8(2)15(6-5-13)12(17)10-7-9(14)3-4-11(10)16(18)19/h3-4,7-8H,5-6H2,1-2H3. The van der Waals surface area contributed by atoms with Gasteiger partial charge in [0.2, 0.25) is 0 Å². The Labute approximate surface area is 118 Å². The molecular weight excluding hydrogens is 319 g/mol. The van der Waals surface area contributed by atoms with E-state index in [1.54, 1.807) is 13.8 Å². The van der Waals surface area contributed by atoms with Crippen LogP contribution in [-0.4, -0.2) is 33.6 Å². The van der Waals surface area contributed by atoms with Crippen molar-refractivity contribution in [2.45, 2.75) is 19.9 Å². The van der Waals surface area contributed by atoms with E-state index in [-0.39, 0.29) is 17.3 Å². The maximum absolute atomic E-state index is 13.2. The molecule has 0 aliphatic carbocycles. The van der Waals surface area contributed by atoms with Gasteiger partial charge in [0.05, 0.1) is 4.92 Å². The molecule has 1 rings (SSSR count). The summed E-state index contributed by atoms with van der Waals surface area (Å²) in [5, 5.41) is 11.4. The SMILES string of the molecule is CC(C)N(CCBr)C(=O)c1cc(F)ccc1[N+](=O)[O-]. The molecule has 0 saturated heterocycles. The van der Waals surface area contributed by atoms with E-state index in [1.165, 1.54) is 4.90 Å². The molecule has 7 heteroatoms. The predicted molar refractivity (Wildman–Crippen MR) is 73.0 cm³/mol. The van der Waals surface area contributed by atoms with Crippen LogP contribution in [0.3, 0.4) is 0 Å². The first-order chi connectivity index (χ1) is 8.88. The maximum atomic E-state index is 13.2. The highest BCUT2D eigenvalue weighted by Gasteiger charge is 2.26. The van der Waals surface area contributed by atoms with Crippen LogP contribution in [-0.2, 0) is 0 Å². The minimum Gasteiger partial charge on any atom is -0.335 e. The molecule has 0 fully saturated rings. The van der Waals surface area contributed by atoms with Crippen LogP contribution in [0.5, 0.6) is 0 Å². The molecule has 0 spiro atoms. The highest BCUT2D eigenvalue weighted by Crippen LogP contribution is 2.22. The van der Waals surface area contributed by atoms with Crippen molar-refractivity contribution >= 4 is 27.5 Å². The van der Waals surface area contributed by atoms with E-state index in [4.69, 9.17) is 0 Å². The van der Waals surface area contributed by atoms with Gasteiger partial charge < -0.3 is 4.90 Å². The molecule has 19 heavy (non-hydrogen) atoms. The van der Waals surface area contributed by atoms with E-state index in [9.17, 15) is 19.3 Å². The molecule has 1 aromatic rings. The van der Waals surface area contributed by atoms with Gasteiger partial charge in [-0.05, 0) is 26.0 Å². The number of benzene rings is 1. The summed E-state index contributed by atoms with van der Waals surface area (Å²) < 4.78 is 13.2. The van der Waals surface area contributed by atoms with Crippen molar-refractivity contribution in [1.29, 1.82) is 0 Å². The van der Waals surface area contributed by atoms with Crippen molar-refractivity contribution in [3.63, 3.8) is 0 Å². The summed E-state index contributed by atoms with van der Waals surface area (Å²) in [6, 6.07) is 2.76. The maximum Gasteiger partial charge on any atom is 0.282 e. The molecule has 1 aromatic carbocycles. The fourth-order valence-corrected chi connectivity index (χ4v) is 2.06. The van der Waals surface area contributed by atoms with Gasteiger partial charge in [-0.15, -0.1) is 0 Å². The van der Waals surface area contributed by atoms with Crippen molar-refractivity contribution in [2.24, 2.45) is 0 Å². The molecule has 0 heterocycles. The Balaban J connectivity index is 3.23. The fourth-order valence-electron chi connectivity index (χ4n) is 1.68. The minimum absolute atomic E-state index is 0.132. The number of rotatable bonds is 5. The Bertz CT molecular complexity index is 494.